The van der Waals surface area contributed by atoms with Crippen LogP contribution in [0.25, 0.3) is 11.1 Å². The second kappa shape index (κ2) is 22.0. The molecule has 0 saturated heterocycles. The number of carboxylic acids is 2. The highest BCUT2D eigenvalue weighted by atomic mass is 32.2. The molecule has 2 atom stereocenters. The largest absolute Gasteiger partial charge is 0.479 e. The van der Waals surface area contributed by atoms with Gasteiger partial charge in [-0.2, -0.15) is 18.2 Å². The summed E-state index contributed by atoms with van der Waals surface area (Å²) in [5.41, 5.74) is 2.17. The van der Waals surface area contributed by atoms with Gasteiger partial charge in [-0.3, -0.25) is 9.59 Å². The first kappa shape index (κ1) is 46.2. The number of hydrogen-bond acceptors (Lipinski definition) is 10. The molecule has 18 heteroatoms. The van der Waals surface area contributed by atoms with E-state index in [9.17, 15) is 41.8 Å². The van der Waals surface area contributed by atoms with E-state index in [2.05, 4.69) is 23.7 Å². The van der Waals surface area contributed by atoms with E-state index in [1.54, 1.807) is 27.8 Å². The summed E-state index contributed by atoms with van der Waals surface area (Å²) in [7, 11) is 0. The molecule has 57 heavy (non-hydrogen) atoms. The van der Waals surface area contributed by atoms with Crippen LogP contribution in [-0.2, 0) is 45.8 Å². The summed E-state index contributed by atoms with van der Waals surface area (Å²) in [6.45, 7) is 6.78. The predicted octanol–water partition coefficient (Wildman–Crippen LogP) is 4.14. The van der Waals surface area contributed by atoms with Crippen LogP contribution >= 0.6 is 11.8 Å². The maximum atomic E-state index is 13.9. The number of halogens is 4. The van der Waals surface area contributed by atoms with E-state index in [4.69, 9.17) is 20.4 Å². The summed E-state index contributed by atoms with van der Waals surface area (Å²) in [5, 5.41) is 42.3. The van der Waals surface area contributed by atoms with Crippen LogP contribution in [0.2, 0.25) is 0 Å². The van der Waals surface area contributed by atoms with Crippen molar-refractivity contribution in [2.75, 3.05) is 32.8 Å². The standard InChI is InChI=1S/C35H38F4N4O3S.C4H6O6/c1-3-41(4-2)18-19-42(21-25-5-9-27(10-6-25)28-11-13-30(14-12-28)35(37,38)39)32(45)23-43-22-29(17-20-44)33(46)40-34(43)47-24-26-7-15-31(36)16-8-26;5-1(3(7)8)2(6)4(9)10/h5-16,22,44H,3-4,17-21,23-24H2,1-2H3;1-2,5-6H,(H,7,8)(H,9,10). The minimum absolute atomic E-state index is 0.0971. The molecule has 2 unspecified atom stereocenters. The van der Waals surface area contributed by atoms with Crippen LogP contribution in [0.5, 0.6) is 0 Å². The first-order valence-corrected chi connectivity index (χ1v) is 18.6. The van der Waals surface area contributed by atoms with Gasteiger partial charge in [0.25, 0.3) is 5.56 Å². The van der Waals surface area contributed by atoms with Crippen molar-refractivity contribution in [1.82, 2.24) is 19.4 Å². The smallest absolute Gasteiger partial charge is 0.416 e. The molecule has 3 aromatic carbocycles. The average molecular weight is 821 g/mol. The Balaban J connectivity index is 0.000000766. The van der Waals surface area contributed by atoms with Crippen LogP contribution in [0.1, 0.15) is 36.1 Å². The molecule has 1 heterocycles. The van der Waals surface area contributed by atoms with Crippen LogP contribution in [0.15, 0.2) is 88.9 Å². The Morgan fingerprint density at radius 1 is 0.825 bits per heavy atom. The van der Waals surface area contributed by atoms with Gasteiger partial charge in [-0.05, 0) is 59.6 Å². The van der Waals surface area contributed by atoms with Gasteiger partial charge < -0.3 is 39.9 Å². The van der Waals surface area contributed by atoms with Gasteiger partial charge in [-0.15, -0.1) is 0 Å². The van der Waals surface area contributed by atoms with Gasteiger partial charge in [0.2, 0.25) is 5.91 Å². The minimum atomic E-state index is -4.41. The molecule has 0 spiro atoms. The van der Waals surface area contributed by atoms with E-state index >= 15 is 0 Å². The number of nitrogens with zero attached hydrogens (tertiary/aromatic N) is 4. The van der Waals surface area contributed by atoms with Crippen molar-refractivity contribution in [3.8, 4) is 11.1 Å². The lowest BCUT2D eigenvalue weighted by Crippen LogP contribution is -2.40. The van der Waals surface area contributed by atoms with Gasteiger partial charge in [0, 0.05) is 50.2 Å². The van der Waals surface area contributed by atoms with E-state index in [1.165, 1.54) is 36.0 Å². The van der Waals surface area contributed by atoms with Crippen LogP contribution in [0.3, 0.4) is 0 Å². The lowest BCUT2D eigenvalue weighted by molar-refractivity contribution is -0.165. The fourth-order valence-electron chi connectivity index (χ4n) is 5.25. The number of carbonyl (C=O) groups is 3. The third kappa shape index (κ3) is 14.4. The SMILES string of the molecule is CCN(CC)CCN(Cc1ccc(-c2ccc(C(F)(F)F)cc2)cc1)C(=O)Cn1cc(CCO)c(=O)nc1SCc1ccc(F)cc1.O=C(O)C(O)C(O)C(=O)O. The number of thioether (sulfide) groups is 1. The molecular formula is C39H44F4N4O9S. The lowest BCUT2D eigenvalue weighted by Gasteiger charge is -2.27. The van der Waals surface area contributed by atoms with E-state index in [0.29, 0.717) is 41.7 Å². The molecule has 4 rings (SSSR count). The van der Waals surface area contributed by atoms with Gasteiger partial charge in [0.05, 0.1) is 5.56 Å². The number of benzene rings is 3. The van der Waals surface area contributed by atoms with Crippen molar-refractivity contribution >= 4 is 29.6 Å². The van der Waals surface area contributed by atoms with Gasteiger partial charge in [-0.25, -0.2) is 14.0 Å². The van der Waals surface area contributed by atoms with Crippen molar-refractivity contribution in [2.45, 2.75) is 62.7 Å². The van der Waals surface area contributed by atoms with Gasteiger partial charge in [0.1, 0.15) is 12.4 Å². The van der Waals surface area contributed by atoms with E-state index in [0.717, 1.165) is 41.9 Å². The van der Waals surface area contributed by atoms with Crippen LogP contribution < -0.4 is 5.56 Å². The number of aliphatic carboxylic acids is 2. The third-order valence-corrected chi connectivity index (χ3v) is 9.67. The maximum absolute atomic E-state index is 13.9. The Morgan fingerprint density at radius 3 is 1.84 bits per heavy atom. The molecule has 4 aromatic rings. The zero-order valence-corrected chi connectivity index (χ0v) is 31.9. The zero-order chi connectivity index (χ0) is 42.3. The van der Waals surface area contributed by atoms with Crippen LogP contribution in [0, 0.1) is 5.82 Å². The van der Waals surface area contributed by atoms with Crippen molar-refractivity contribution < 1.29 is 57.5 Å². The second-order valence-electron chi connectivity index (χ2n) is 12.6. The highest BCUT2D eigenvalue weighted by molar-refractivity contribution is 7.98. The summed E-state index contributed by atoms with van der Waals surface area (Å²) >= 11 is 1.26. The quantitative estimate of drug-likeness (QED) is 0.0548. The monoisotopic (exact) mass is 820 g/mol. The van der Waals surface area contributed by atoms with E-state index < -0.39 is 41.4 Å². The first-order valence-electron chi connectivity index (χ1n) is 17.6. The Kier molecular flexibility index (Phi) is 17.8. The summed E-state index contributed by atoms with van der Waals surface area (Å²) in [4.78, 5) is 54.3. The molecule has 0 radical (unpaired) electrons. The zero-order valence-electron chi connectivity index (χ0n) is 31.1. The van der Waals surface area contributed by atoms with Crippen molar-refractivity contribution in [3.63, 3.8) is 0 Å². The number of aliphatic hydroxyl groups excluding tert-OH is 3. The second-order valence-corrected chi connectivity index (χ2v) is 13.5. The number of carbonyl (C=O) groups excluding carboxylic acids is 1. The number of aromatic nitrogens is 2. The number of hydrogen-bond donors (Lipinski definition) is 5. The molecule has 0 aliphatic heterocycles. The average Bonchev–Trinajstić information content (AvgIpc) is 3.18. The maximum Gasteiger partial charge on any atom is 0.416 e. The number of rotatable bonds is 18. The van der Waals surface area contributed by atoms with Gasteiger partial charge in [0.15, 0.2) is 17.4 Å². The summed E-state index contributed by atoms with van der Waals surface area (Å²) in [6, 6.07) is 18.3. The topological polar surface area (TPSA) is 194 Å². The van der Waals surface area contributed by atoms with E-state index in [1.807, 2.05) is 24.3 Å². The number of amides is 1. The highest BCUT2D eigenvalue weighted by Crippen LogP contribution is 2.31. The molecule has 0 aliphatic rings. The van der Waals surface area contributed by atoms with Crippen molar-refractivity contribution in [1.29, 1.82) is 0 Å². The fourth-order valence-corrected chi connectivity index (χ4v) is 6.17. The lowest BCUT2D eigenvalue weighted by atomic mass is 10.0. The molecule has 1 amide bonds. The molecule has 5 N–H and O–H groups in total. The molecule has 308 valence electrons. The third-order valence-electron chi connectivity index (χ3n) is 8.61. The predicted molar refractivity (Wildman–Crippen MR) is 203 cm³/mol. The van der Waals surface area contributed by atoms with Crippen molar-refractivity contribution in [2.24, 2.45) is 0 Å². The Morgan fingerprint density at radius 2 is 1.35 bits per heavy atom. The number of carboxylic acid groups (broad SMARTS) is 2. The number of aliphatic hydroxyl groups is 3. The number of likely N-dealkylation sites (N-methyl/N-ethyl adjacent to an activating group) is 1. The minimum Gasteiger partial charge on any atom is -0.479 e. The summed E-state index contributed by atoms with van der Waals surface area (Å²) < 4.78 is 54.0. The molecule has 13 nitrogen and oxygen atoms in total. The Bertz CT molecular complexity index is 1960. The first-order chi connectivity index (χ1) is 27.0. The van der Waals surface area contributed by atoms with Crippen LogP contribution in [0.4, 0.5) is 17.6 Å². The highest BCUT2D eigenvalue weighted by Gasteiger charge is 2.30. The normalized spacial score (nSPS) is 12.4. The summed E-state index contributed by atoms with van der Waals surface area (Å²) in [5.74, 6) is -3.69. The molecule has 0 bridgehead atoms. The molecule has 0 aliphatic carbocycles. The fraction of sp³-hybridized carbons (Fsp3) is 0.359. The van der Waals surface area contributed by atoms with Crippen LogP contribution in [-0.4, -0.2) is 108 Å². The van der Waals surface area contributed by atoms with Crippen molar-refractivity contribution in [3.05, 3.63) is 117 Å². The van der Waals surface area contributed by atoms with E-state index in [-0.39, 0.29) is 31.3 Å². The Labute approximate surface area is 329 Å². The van der Waals surface area contributed by atoms with Gasteiger partial charge >= 0.3 is 18.1 Å². The molecular weight excluding hydrogens is 777 g/mol. The summed E-state index contributed by atoms with van der Waals surface area (Å²) in [6.07, 6.45) is -7.27. The number of alkyl halides is 3. The molecule has 0 fully saturated rings. The molecule has 1 aromatic heterocycles. The Hall–Kier alpha value is -5.14. The molecule has 0 saturated carbocycles. The van der Waals surface area contributed by atoms with Gasteiger partial charge in [-0.1, -0.05) is 74.1 Å².